The first-order valence-corrected chi connectivity index (χ1v) is 7.20. The van der Waals surface area contributed by atoms with E-state index in [0.29, 0.717) is 25.0 Å². The average molecular weight is 257 g/mol. The monoisotopic (exact) mass is 257 g/mol. The highest BCUT2D eigenvalue weighted by Crippen LogP contribution is 2.16. The molecular formula is C14H27NO3. The minimum absolute atomic E-state index is 0.0677. The lowest BCUT2D eigenvalue weighted by molar-refractivity contribution is -0.143. The Morgan fingerprint density at radius 2 is 2.28 bits per heavy atom. The van der Waals surface area contributed by atoms with Crippen molar-refractivity contribution in [2.45, 2.75) is 52.0 Å². The first kappa shape index (κ1) is 15.4. The van der Waals surface area contributed by atoms with Crippen molar-refractivity contribution in [1.29, 1.82) is 0 Å². The molecule has 18 heavy (non-hydrogen) atoms. The third kappa shape index (κ3) is 6.36. The van der Waals surface area contributed by atoms with Gasteiger partial charge in [-0.3, -0.25) is 4.79 Å². The molecule has 0 aromatic heterocycles. The second-order valence-electron chi connectivity index (χ2n) is 4.98. The summed E-state index contributed by atoms with van der Waals surface area (Å²) in [5.41, 5.74) is 0. The van der Waals surface area contributed by atoms with Crippen LogP contribution in [0.2, 0.25) is 0 Å². The summed E-state index contributed by atoms with van der Waals surface area (Å²) >= 11 is 0. The van der Waals surface area contributed by atoms with E-state index in [4.69, 9.17) is 9.47 Å². The number of nitrogens with one attached hydrogen (secondary N) is 1. The molecule has 0 aromatic carbocycles. The van der Waals surface area contributed by atoms with Crippen LogP contribution in [0.4, 0.5) is 0 Å². The number of carbonyl (C=O) groups is 1. The fraction of sp³-hybridized carbons (Fsp3) is 0.929. The van der Waals surface area contributed by atoms with E-state index in [9.17, 15) is 4.79 Å². The number of ether oxygens (including phenoxy) is 2. The highest BCUT2D eigenvalue weighted by Gasteiger charge is 2.21. The molecule has 1 rings (SSSR count). The predicted octanol–water partition coefficient (Wildman–Crippen LogP) is 2.12. The normalized spacial score (nSPS) is 20.9. The molecule has 4 nitrogen and oxygen atoms in total. The van der Waals surface area contributed by atoms with Crippen LogP contribution in [0, 0.1) is 5.92 Å². The van der Waals surface area contributed by atoms with Crippen LogP contribution in [-0.4, -0.2) is 38.4 Å². The Kier molecular flexibility index (Phi) is 8.01. The quantitative estimate of drug-likeness (QED) is 0.508. The number of carbonyl (C=O) groups excluding carboxylic acids is 1. The van der Waals surface area contributed by atoms with Gasteiger partial charge in [0.25, 0.3) is 0 Å². The van der Waals surface area contributed by atoms with E-state index in [2.05, 4.69) is 12.2 Å². The van der Waals surface area contributed by atoms with E-state index in [-0.39, 0.29) is 5.97 Å². The van der Waals surface area contributed by atoms with Crippen molar-refractivity contribution in [1.82, 2.24) is 5.32 Å². The van der Waals surface area contributed by atoms with Crippen LogP contribution in [0.1, 0.15) is 46.0 Å². The molecule has 0 aliphatic carbocycles. The van der Waals surface area contributed by atoms with Crippen LogP contribution in [0.3, 0.4) is 0 Å². The van der Waals surface area contributed by atoms with Gasteiger partial charge in [-0.15, -0.1) is 0 Å². The zero-order valence-corrected chi connectivity index (χ0v) is 11.7. The summed E-state index contributed by atoms with van der Waals surface area (Å²) in [6.07, 6.45) is 4.87. The van der Waals surface area contributed by atoms with E-state index in [1.165, 1.54) is 6.42 Å². The van der Waals surface area contributed by atoms with Gasteiger partial charge in [0.2, 0.25) is 0 Å². The predicted molar refractivity (Wildman–Crippen MR) is 71.5 cm³/mol. The molecule has 106 valence electrons. The van der Waals surface area contributed by atoms with Crippen molar-refractivity contribution in [2.24, 2.45) is 5.92 Å². The smallest absolute Gasteiger partial charge is 0.305 e. The molecule has 0 spiro atoms. The molecule has 2 unspecified atom stereocenters. The van der Waals surface area contributed by atoms with Gasteiger partial charge < -0.3 is 14.8 Å². The SMILES string of the molecule is CCOC(=O)CCCCCNC(C)C1CCOC1. The summed E-state index contributed by atoms with van der Waals surface area (Å²) < 4.78 is 10.3. The maximum Gasteiger partial charge on any atom is 0.305 e. The first-order valence-electron chi connectivity index (χ1n) is 7.20. The van der Waals surface area contributed by atoms with Crippen LogP contribution in [-0.2, 0) is 14.3 Å². The van der Waals surface area contributed by atoms with Gasteiger partial charge in [-0.2, -0.15) is 0 Å². The minimum atomic E-state index is -0.0677. The molecule has 0 saturated carbocycles. The largest absolute Gasteiger partial charge is 0.466 e. The lowest BCUT2D eigenvalue weighted by atomic mass is 10.0. The van der Waals surface area contributed by atoms with Crippen LogP contribution >= 0.6 is 0 Å². The minimum Gasteiger partial charge on any atom is -0.466 e. The molecule has 1 N–H and O–H groups in total. The van der Waals surface area contributed by atoms with Crippen LogP contribution < -0.4 is 5.32 Å². The number of hydrogen-bond acceptors (Lipinski definition) is 4. The van der Waals surface area contributed by atoms with Gasteiger partial charge in [-0.1, -0.05) is 6.42 Å². The summed E-state index contributed by atoms with van der Waals surface area (Å²) in [6.45, 7) is 7.41. The second-order valence-corrected chi connectivity index (χ2v) is 4.98. The van der Waals surface area contributed by atoms with Gasteiger partial charge in [0, 0.05) is 19.1 Å². The van der Waals surface area contributed by atoms with Crippen LogP contribution in [0.15, 0.2) is 0 Å². The molecule has 1 heterocycles. The topological polar surface area (TPSA) is 47.6 Å². The van der Waals surface area contributed by atoms with Crippen molar-refractivity contribution < 1.29 is 14.3 Å². The fourth-order valence-corrected chi connectivity index (χ4v) is 2.25. The number of unbranched alkanes of at least 4 members (excludes halogenated alkanes) is 2. The van der Waals surface area contributed by atoms with Crippen molar-refractivity contribution in [3.63, 3.8) is 0 Å². The van der Waals surface area contributed by atoms with E-state index in [1.807, 2.05) is 6.92 Å². The summed E-state index contributed by atoms with van der Waals surface area (Å²) in [5, 5.41) is 3.54. The molecule has 0 aromatic rings. The van der Waals surface area contributed by atoms with Gasteiger partial charge in [0.15, 0.2) is 0 Å². The van der Waals surface area contributed by atoms with Gasteiger partial charge in [0.1, 0.15) is 0 Å². The van der Waals surface area contributed by atoms with E-state index in [0.717, 1.165) is 39.0 Å². The Labute approximate surface area is 110 Å². The van der Waals surface area contributed by atoms with Gasteiger partial charge in [0.05, 0.1) is 13.2 Å². The lowest BCUT2D eigenvalue weighted by Crippen LogP contribution is -2.34. The molecule has 1 saturated heterocycles. The Hall–Kier alpha value is -0.610. The van der Waals surface area contributed by atoms with Gasteiger partial charge in [-0.05, 0) is 45.6 Å². The third-order valence-corrected chi connectivity index (χ3v) is 3.50. The van der Waals surface area contributed by atoms with E-state index < -0.39 is 0 Å². The summed E-state index contributed by atoms with van der Waals surface area (Å²) in [6, 6.07) is 0.539. The average Bonchev–Trinajstić information content (AvgIpc) is 2.87. The maximum atomic E-state index is 11.1. The van der Waals surface area contributed by atoms with Crippen molar-refractivity contribution in [2.75, 3.05) is 26.4 Å². The number of esters is 1. The molecule has 0 bridgehead atoms. The Morgan fingerprint density at radius 3 is 2.94 bits per heavy atom. The molecular weight excluding hydrogens is 230 g/mol. The van der Waals surface area contributed by atoms with Crippen LogP contribution in [0.25, 0.3) is 0 Å². The molecule has 0 amide bonds. The summed E-state index contributed by atoms with van der Waals surface area (Å²) in [7, 11) is 0. The second kappa shape index (κ2) is 9.34. The molecule has 1 fully saturated rings. The number of rotatable bonds is 9. The van der Waals surface area contributed by atoms with Gasteiger partial charge in [-0.25, -0.2) is 0 Å². The zero-order valence-electron chi connectivity index (χ0n) is 11.7. The third-order valence-electron chi connectivity index (χ3n) is 3.50. The Morgan fingerprint density at radius 1 is 1.44 bits per heavy atom. The van der Waals surface area contributed by atoms with Crippen molar-refractivity contribution in [3.8, 4) is 0 Å². The first-order chi connectivity index (χ1) is 8.74. The molecule has 2 atom stereocenters. The summed E-state index contributed by atoms with van der Waals surface area (Å²) in [5.74, 6) is 0.603. The van der Waals surface area contributed by atoms with Gasteiger partial charge >= 0.3 is 5.97 Å². The Balaban J connectivity index is 1.90. The highest BCUT2D eigenvalue weighted by atomic mass is 16.5. The summed E-state index contributed by atoms with van der Waals surface area (Å²) in [4.78, 5) is 11.1. The Bertz CT molecular complexity index is 227. The maximum absolute atomic E-state index is 11.1. The zero-order chi connectivity index (χ0) is 13.2. The molecule has 1 aliphatic rings. The van der Waals surface area contributed by atoms with E-state index >= 15 is 0 Å². The van der Waals surface area contributed by atoms with Crippen molar-refractivity contribution >= 4 is 5.97 Å². The van der Waals surface area contributed by atoms with Crippen LogP contribution in [0.5, 0.6) is 0 Å². The van der Waals surface area contributed by atoms with Crippen molar-refractivity contribution in [3.05, 3.63) is 0 Å². The molecule has 0 radical (unpaired) electrons. The highest BCUT2D eigenvalue weighted by molar-refractivity contribution is 5.69. The molecule has 1 aliphatic heterocycles. The lowest BCUT2D eigenvalue weighted by Gasteiger charge is -2.19. The fourth-order valence-electron chi connectivity index (χ4n) is 2.25. The number of hydrogen-bond donors (Lipinski definition) is 1. The molecule has 4 heteroatoms. The standard InChI is InChI=1S/C14H27NO3/c1-3-18-14(16)7-5-4-6-9-15-12(2)13-8-10-17-11-13/h12-13,15H,3-11H2,1-2H3. The van der Waals surface area contributed by atoms with E-state index in [1.54, 1.807) is 0 Å².